The van der Waals surface area contributed by atoms with Crippen LogP contribution in [0.5, 0.6) is 11.5 Å². The number of alkyl halides is 1. The molecule has 0 amide bonds. The minimum absolute atomic E-state index is 0.0534. The Morgan fingerprint density at radius 1 is 1.27 bits per heavy atom. The number of hydrogen-bond donors (Lipinski definition) is 0. The Kier molecular flexibility index (Phi) is 3.97. The second-order valence-electron chi connectivity index (χ2n) is 3.08. The van der Waals surface area contributed by atoms with Gasteiger partial charge in [0.2, 0.25) is 0 Å². The van der Waals surface area contributed by atoms with Crippen LogP contribution in [0.25, 0.3) is 0 Å². The topological polar surface area (TPSA) is 35.5 Å². The monoisotopic (exact) mass is 228 g/mol. The summed E-state index contributed by atoms with van der Waals surface area (Å²) in [5.74, 6) is 0.975. The number of halogens is 1. The molecule has 0 spiro atoms. The van der Waals surface area contributed by atoms with E-state index in [0.29, 0.717) is 17.1 Å². The molecule has 0 aromatic heterocycles. The van der Waals surface area contributed by atoms with E-state index < -0.39 is 0 Å². The number of ketones is 1. The number of methoxy groups -OCH3 is 2. The quantitative estimate of drug-likeness (QED) is 0.587. The van der Waals surface area contributed by atoms with Crippen LogP contribution in [0.3, 0.4) is 0 Å². The van der Waals surface area contributed by atoms with Crippen LogP contribution in [0.2, 0.25) is 0 Å². The third kappa shape index (κ3) is 2.42. The number of hydrogen-bond acceptors (Lipinski definition) is 3. The summed E-state index contributed by atoms with van der Waals surface area (Å²) in [5.41, 5.74) is 1.37. The van der Waals surface area contributed by atoms with Gasteiger partial charge in [-0.3, -0.25) is 4.79 Å². The number of carbonyl (C=O) groups is 1. The first-order chi connectivity index (χ1) is 7.13. The normalized spacial score (nSPS) is 9.87. The van der Waals surface area contributed by atoms with Crippen molar-refractivity contribution in [2.45, 2.75) is 6.92 Å². The average molecular weight is 229 g/mol. The molecule has 15 heavy (non-hydrogen) atoms. The molecule has 0 bridgehead atoms. The van der Waals surface area contributed by atoms with E-state index in [2.05, 4.69) is 0 Å². The van der Waals surface area contributed by atoms with Crippen molar-refractivity contribution in [3.63, 3.8) is 0 Å². The fraction of sp³-hybridized carbons (Fsp3) is 0.364. The number of rotatable bonds is 4. The molecule has 0 aliphatic rings. The van der Waals surface area contributed by atoms with Crippen LogP contribution >= 0.6 is 11.6 Å². The van der Waals surface area contributed by atoms with Crippen molar-refractivity contribution in [1.29, 1.82) is 0 Å². The summed E-state index contributed by atoms with van der Waals surface area (Å²) in [6.45, 7) is 1.86. The van der Waals surface area contributed by atoms with E-state index >= 15 is 0 Å². The van der Waals surface area contributed by atoms with Gasteiger partial charge in [-0.05, 0) is 18.6 Å². The van der Waals surface area contributed by atoms with E-state index in [-0.39, 0.29) is 11.7 Å². The molecular formula is C11H13ClO3. The second-order valence-corrected chi connectivity index (χ2v) is 3.35. The maximum atomic E-state index is 11.5. The fourth-order valence-electron chi connectivity index (χ4n) is 1.35. The Labute approximate surface area is 93.9 Å². The van der Waals surface area contributed by atoms with Gasteiger partial charge < -0.3 is 9.47 Å². The van der Waals surface area contributed by atoms with Gasteiger partial charge in [0.25, 0.3) is 0 Å². The third-order valence-electron chi connectivity index (χ3n) is 2.14. The molecule has 0 aliphatic heterocycles. The van der Waals surface area contributed by atoms with Crippen LogP contribution in [-0.4, -0.2) is 25.9 Å². The molecule has 3 nitrogen and oxygen atoms in total. The van der Waals surface area contributed by atoms with Gasteiger partial charge in [-0.25, -0.2) is 0 Å². The van der Waals surface area contributed by atoms with Gasteiger partial charge in [-0.2, -0.15) is 0 Å². The maximum Gasteiger partial charge on any atom is 0.181 e. The first kappa shape index (κ1) is 11.9. The molecule has 0 fully saturated rings. The summed E-state index contributed by atoms with van der Waals surface area (Å²) in [7, 11) is 3.08. The minimum Gasteiger partial charge on any atom is -0.496 e. The summed E-state index contributed by atoms with van der Waals surface area (Å²) in [6.07, 6.45) is 0. The lowest BCUT2D eigenvalue weighted by molar-refractivity contribution is 0.101. The van der Waals surface area contributed by atoms with Crippen LogP contribution < -0.4 is 9.47 Å². The summed E-state index contributed by atoms with van der Waals surface area (Å²) in [5, 5.41) is 0. The molecule has 82 valence electrons. The molecule has 1 aromatic carbocycles. The van der Waals surface area contributed by atoms with Gasteiger partial charge >= 0.3 is 0 Å². The van der Waals surface area contributed by atoms with Gasteiger partial charge in [0.05, 0.1) is 25.7 Å². The Morgan fingerprint density at radius 3 is 2.33 bits per heavy atom. The van der Waals surface area contributed by atoms with E-state index in [1.165, 1.54) is 7.11 Å². The molecule has 0 aliphatic carbocycles. The zero-order chi connectivity index (χ0) is 11.4. The van der Waals surface area contributed by atoms with E-state index in [4.69, 9.17) is 21.1 Å². The van der Waals surface area contributed by atoms with E-state index in [9.17, 15) is 4.79 Å². The number of benzene rings is 1. The van der Waals surface area contributed by atoms with Crippen molar-refractivity contribution in [1.82, 2.24) is 0 Å². The predicted octanol–water partition coefficient (Wildman–Crippen LogP) is 2.43. The highest BCUT2D eigenvalue weighted by atomic mass is 35.5. The van der Waals surface area contributed by atoms with Crippen molar-refractivity contribution in [3.8, 4) is 11.5 Å². The van der Waals surface area contributed by atoms with Crippen molar-refractivity contribution in [2.24, 2.45) is 0 Å². The SMILES string of the molecule is COc1cc(OC)c(C(=O)CCl)cc1C. The summed E-state index contributed by atoms with van der Waals surface area (Å²) in [6, 6.07) is 3.41. The van der Waals surface area contributed by atoms with Crippen LogP contribution in [0, 0.1) is 6.92 Å². The van der Waals surface area contributed by atoms with Crippen molar-refractivity contribution in [3.05, 3.63) is 23.3 Å². The van der Waals surface area contributed by atoms with E-state index in [1.807, 2.05) is 6.92 Å². The largest absolute Gasteiger partial charge is 0.496 e. The zero-order valence-corrected chi connectivity index (χ0v) is 9.72. The molecule has 1 aromatic rings. The van der Waals surface area contributed by atoms with Crippen LogP contribution in [-0.2, 0) is 0 Å². The number of Topliss-reactive ketones (excluding diaryl/α,β-unsaturated/α-hetero) is 1. The molecular weight excluding hydrogens is 216 g/mol. The van der Waals surface area contributed by atoms with E-state index in [0.717, 1.165) is 5.56 Å². The molecule has 1 rings (SSSR count). The Balaban J connectivity index is 3.27. The zero-order valence-electron chi connectivity index (χ0n) is 8.96. The molecule has 4 heteroatoms. The number of ether oxygens (including phenoxy) is 2. The van der Waals surface area contributed by atoms with Crippen molar-refractivity contribution in [2.75, 3.05) is 20.1 Å². The average Bonchev–Trinajstić information content (AvgIpc) is 2.27. The summed E-state index contributed by atoms with van der Waals surface area (Å²) >= 11 is 5.51. The van der Waals surface area contributed by atoms with Gasteiger partial charge in [-0.15, -0.1) is 11.6 Å². The molecule has 0 atom stereocenters. The smallest absolute Gasteiger partial charge is 0.181 e. The second kappa shape index (κ2) is 5.03. The van der Waals surface area contributed by atoms with Crippen molar-refractivity contribution < 1.29 is 14.3 Å². The van der Waals surface area contributed by atoms with Gasteiger partial charge in [0, 0.05) is 6.07 Å². The number of carbonyl (C=O) groups excluding carboxylic acids is 1. The lowest BCUT2D eigenvalue weighted by Gasteiger charge is -2.11. The lowest BCUT2D eigenvalue weighted by Crippen LogP contribution is -2.04. The molecule has 0 saturated carbocycles. The van der Waals surface area contributed by atoms with Gasteiger partial charge in [0.1, 0.15) is 11.5 Å². The summed E-state index contributed by atoms with van der Waals surface area (Å²) in [4.78, 5) is 11.5. The highest BCUT2D eigenvalue weighted by Gasteiger charge is 2.14. The first-order valence-corrected chi connectivity index (χ1v) is 4.99. The van der Waals surface area contributed by atoms with Crippen molar-refractivity contribution >= 4 is 17.4 Å². The molecule has 0 radical (unpaired) electrons. The highest BCUT2D eigenvalue weighted by Crippen LogP contribution is 2.28. The fourth-order valence-corrected chi connectivity index (χ4v) is 1.49. The standard InChI is InChI=1S/C11H13ClO3/c1-7-4-8(9(13)6-12)11(15-3)5-10(7)14-2/h4-5H,6H2,1-3H3. The molecule has 0 N–H and O–H groups in total. The minimum atomic E-state index is -0.153. The highest BCUT2D eigenvalue weighted by molar-refractivity contribution is 6.30. The van der Waals surface area contributed by atoms with Crippen LogP contribution in [0.1, 0.15) is 15.9 Å². The van der Waals surface area contributed by atoms with Gasteiger partial charge in [0.15, 0.2) is 5.78 Å². The Bertz CT molecular complexity index is 374. The van der Waals surface area contributed by atoms with Crippen LogP contribution in [0.4, 0.5) is 0 Å². The number of aryl methyl sites for hydroxylation is 1. The molecule has 0 saturated heterocycles. The van der Waals surface area contributed by atoms with E-state index in [1.54, 1.807) is 19.2 Å². The van der Waals surface area contributed by atoms with Gasteiger partial charge in [-0.1, -0.05) is 0 Å². The molecule has 0 heterocycles. The Hall–Kier alpha value is -1.22. The summed E-state index contributed by atoms with van der Waals surface area (Å²) < 4.78 is 10.2. The Morgan fingerprint density at radius 2 is 1.87 bits per heavy atom. The van der Waals surface area contributed by atoms with Crippen LogP contribution in [0.15, 0.2) is 12.1 Å². The predicted molar refractivity (Wildman–Crippen MR) is 59.3 cm³/mol. The first-order valence-electron chi connectivity index (χ1n) is 4.45. The maximum absolute atomic E-state index is 11.5. The lowest BCUT2D eigenvalue weighted by atomic mass is 10.1. The molecule has 0 unspecified atom stereocenters. The third-order valence-corrected chi connectivity index (χ3v) is 2.38.